The quantitative estimate of drug-likeness (QED) is 0.767. The topological polar surface area (TPSA) is 39.2 Å². The zero-order valence-electron chi connectivity index (χ0n) is 5.89. The van der Waals surface area contributed by atoms with Crippen molar-refractivity contribution in [2.75, 3.05) is 13.2 Å². The van der Waals surface area contributed by atoms with Gasteiger partial charge in [0.25, 0.3) is 0 Å². The van der Waals surface area contributed by atoms with E-state index < -0.39 is 6.67 Å². The van der Waals surface area contributed by atoms with Crippen LogP contribution in [0.3, 0.4) is 0 Å². The normalized spacial score (nSPS) is 13.4. The van der Waals surface area contributed by atoms with Gasteiger partial charge in [-0.3, -0.25) is 4.39 Å². The lowest BCUT2D eigenvalue weighted by molar-refractivity contribution is 0.380. The van der Waals surface area contributed by atoms with Crippen LogP contribution in [0.1, 0.15) is 11.7 Å². The van der Waals surface area contributed by atoms with E-state index >= 15 is 0 Å². The summed E-state index contributed by atoms with van der Waals surface area (Å²) in [4.78, 5) is 0. The average molecular weight is 178 g/mol. The van der Waals surface area contributed by atoms with Crippen LogP contribution in [0.15, 0.2) is 16.5 Å². The van der Waals surface area contributed by atoms with Gasteiger partial charge in [-0.1, -0.05) is 0 Å². The number of alkyl halides is 1. The van der Waals surface area contributed by atoms with E-state index in [1.54, 1.807) is 12.1 Å². The lowest BCUT2D eigenvalue weighted by Gasteiger charge is -2.04. The van der Waals surface area contributed by atoms with Crippen molar-refractivity contribution in [1.29, 1.82) is 0 Å². The van der Waals surface area contributed by atoms with Gasteiger partial charge in [0.15, 0.2) is 5.22 Å². The lowest BCUT2D eigenvalue weighted by atomic mass is 10.1. The van der Waals surface area contributed by atoms with Crippen LogP contribution in [-0.4, -0.2) is 13.2 Å². The first kappa shape index (κ1) is 8.56. The molecule has 0 saturated heterocycles. The largest absolute Gasteiger partial charge is 0.449 e. The third-order valence-corrected chi connectivity index (χ3v) is 1.67. The lowest BCUT2D eigenvalue weighted by Crippen LogP contribution is -2.13. The van der Waals surface area contributed by atoms with Crippen LogP contribution in [0.2, 0.25) is 5.22 Å². The van der Waals surface area contributed by atoms with Gasteiger partial charge in [0.05, 0.1) is 5.92 Å². The molecule has 1 aromatic heterocycles. The van der Waals surface area contributed by atoms with Crippen molar-refractivity contribution in [3.8, 4) is 0 Å². The van der Waals surface area contributed by atoms with Gasteiger partial charge in [0.1, 0.15) is 12.4 Å². The summed E-state index contributed by atoms with van der Waals surface area (Å²) in [6.07, 6.45) is 0. The second-order valence-corrected chi connectivity index (χ2v) is 2.60. The number of nitrogens with two attached hydrogens (primary N) is 1. The maximum absolute atomic E-state index is 12.2. The summed E-state index contributed by atoms with van der Waals surface area (Å²) in [5.74, 6) is 0.155. The molecule has 0 radical (unpaired) electrons. The highest BCUT2D eigenvalue weighted by atomic mass is 35.5. The fraction of sp³-hybridized carbons (Fsp3) is 0.429. The summed E-state index contributed by atoms with van der Waals surface area (Å²) >= 11 is 5.49. The highest BCUT2D eigenvalue weighted by Gasteiger charge is 2.12. The minimum absolute atomic E-state index is 0.236. The Morgan fingerprint density at radius 1 is 1.64 bits per heavy atom. The van der Waals surface area contributed by atoms with Crippen molar-refractivity contribution >= 4 is 11.6 Å². The molecule has 4 heteroatoms. The number of halogens is 2. The highest BCUT2D eigenvalue weighted by molar-refractivity contribution is 6.28. The minimum atomic E-state index is -0.514. The first-order chi connectivity index (χ1) is 5.27. The van der Waals surface area contributed by atoms with Crippen LogP contribution in [-0.2, 0) is 0 Å². The summed E-state index contributed by atoms with van der Waals surface area (Å²) < 4.78 is 17.1. The fourth-order valence-corrected chi connectivity index (χ4v) is 0.955. The smallest absolute Gasteiger partial charge is 0.193 e. The maximum atomic E-state index is 12.2. The van der Waals surface area contributed by atoms with Gasteiger partial charge < -0.3 is 10.2 Å². The molecule has 2 N–H and O–H groups in total. The summed E-state index contributed by atoms with van der Waals surface area (Å²) in [7, 11) is 0. The third kappa shape index (κ3) is 1.94. The molecule has 0 aliphatic carbocycles. The van der Waals surface area contributed by atoms with E-state index in [1.807, 2.05) is 0 Å². The molecule has 0 fully saturated rings. The molecule has 0 aromatic carbocycles. The van der Waals surface area contributed by atoms with E-state index in [2.05, 4.69) is 0 Å². The summed E-state index contributed by atoms with van der Waals surface area (Å²) in [5, 5.41) is 0.270. The molecule has 0 spiro atoms. The number of hydrogen-bond acceptors (Lipinski definition) is 2. The van der Waals surface area contributed by atoms with Gasteiger partial charge in [-0.25, -0.2) is 0 Å². The van der Waals surface area contributed by atoms with Crippen molar-refractivity contribution in [3.05, 3.63) is 23.1 Å². The van der Waals surface area contributed by atoms with Gasteiger partial charge in [-0.05, 0) is 23.7 Å². The molecule has 0 saturated carbocycles. The van der Waals surface area contributed by atoms with Crippen molar-refractivity contribution < 1.29 is 8.81 Å². The Morgan fingerprint density at radius 3 is 2.73 bits per heavy atom. The predicted octanol–water partition coefficient (Wildman–Crippen LogP) is 1.94. The third-order valence-electron chi connectivity index (χ3n) is 1.47. The zero-order chi connectivity index (χ0) is 8.27. The summed E-state index contributed by atoms with van der Waals surface area (Å²) in [6, 6.07) is 3.22. The second-order valence-electron chi connectivity index (χ2n) is 2.23. The molecule has 0 aliphatic rings. The summed E-state index contributed by atoms with van der Waals surface area (Å²) in [5.41, 5.74) is 5.28. The van der Waals surface area contributed by atoms with Crippen LogP contribution in [0.25, 0.3) is 0 Å². The summed E-state index contributed by atoms with van der Waals surface area (Å²) in [6.45, 7) is -0.277. The van der Waals surface area contributed by atoms with Crippen LogP contribution in [0.5, 0.6) is 0 Å². The Balaban J connectivity index is 2.73. The van der Waals surface area contributed by atoms with Crippen molar-refractivity contribution in [3.63, 3.8) is 0 Å². The molecule has 0 bridgehead atoms. The Labute approximate surface area is 69.1 Å². The Bertz CT molecular complexity index is 222. The first-order valence-corrected chi connectivity index (χ1v) is 3.67. The second kappa shape index (κ2) is 3.74. The first-order valence-electron chi connectivity index (χ1n) is 3.29. The SMILES string of the molecule is NCC(CF)c1ccc(Cl)o1. The zero-order valence-corrected chi connectivity index (χ0v) is 6.64. The molecule has 1 rings (SSSR count). The van der Waals surface area contributed by atoms with E-state index in [0.29, 0.717) is 5.76 Å². The van der Waals surface area contributed by atoms with Crippen LogP contribution >= 0.6 is 11.6 Å². The molecule has 62 valence electrons. The molecule has 1 heterocycles. The van der Waals surface area contributed by atoms with E-state index in [4.69, 9.17) is 21.8 Å². The molecule has 0 aliphatic heterocycles. The van der Waals surface area contributed by atoms with Crippen molar-refractivity contribution in [2.45, 2.75) is 5.92 Å². The number of furan rings is 1. The van der Waals surface area contributed by atoms with Gasteiger partial charge in [-0.15, -0.1) is 0 Å². The molecule has 11 heavy (non-hydrogen) atoms. The monoisotopic (exact) mass is 177 g/mol. The van der Waals surface area contributed by atoms with Crippen molar-refractivity contribution in [2.24, 2.45) is 5.73 Å². The van der Waals surface area contributed by atoms with Crippen LogP contribution in [0.4, 0.5) is 4.39 Å². The fourth-order valence-electron chi connectivity index (χ4n) is 0.803. The predicted molar refractivity (Wildman–Crippen MR) is 41.5 cm³/mol. The molecule has 2 nitrogen and oxygen atoms in total. The molecule has 0 amide bonds. The minimum Gasteiger partial charge on any atom is -0.449 e. The van der Waals surface area contributed by atoms with Gasteiger partial charge in [0.2, 0.25) is 0 Å². The molecule has 1 atom stereocenters. The molecular formula is C7H9ClFNO. The molecule has 1 aromatic rings. The van der Waals surface area contributed by atoms with E-state index in [0.717, 1.165) is 0 Å². The molecule has 1 unspecified atom stereocenters. The van der Waals surface area contributed by atoms with Crippen molar-refractivity contribution in [1.82, 2.24) is 0 Å². The van der Waals surface area contributed by atoms with Gasteiger partial charge >= 0.3 is 0 Å². The van der Waals surface area contributed by atoms with Gasteiger partial charge in [-0.2, -0.15) is 0 Å². The standard InChI is InChI=1S/C7H9ClFNO/c8-7-2-1-6(11-7)5(3-9)4-10/h1-2,5H,3-4,10H2. The van der Waals surface area contributed by atoms with Crippen LogP contribution < -0.4 is 5.73 Å². The van der Waals surface area contributed by atoms with Gasteiger partial charge in [0, 0.05) is 6.54 Å². The molecular weight excluding hydrogens is 169 g/mol. The van der Waals surface area contributed by atoms with E-state index in [9.17, 15) is 4.39 Å². The van der Waals surface area contributed by atoms with Crippen LogP contribution in [0, 0.1) is 0 Å². The Morgan fingerprint density at radius 2 is 2.36 bits per heavy atom. The number of hydrogen-bond donors (Lipinski definition) is 1. The highest BCUT2D eigenvalue weighted by Crippen LogP contribution is 2.21. The van der Waals surface area contributed by atoms with E-state index in [1.165, 1.54) is 0 Å². The number of rotatable bonds is 3. The Kier molecular flexibility index (Phi) is 2.91. The Hall–Kier alpha value is -0.540. The average Bonchev–Trinajstić information content (AvgIpc) is 2.39. The van der Waals surface area contributed by atoms with E-state index in [-0.39, 0.29) is 17.7 Å². The maximum Gasteiger partial charge on any atom is 0.193 e.